The topological polar surface area (TPSA) is 75.7 Å². The SMILES string of the molecule is CCN(CC)CCOCCNC(=O)CCS(=O)(=O)c1ccc(C)cc1. The molecule has 6 nitrogen and oxygen atoms in total. The first-order chi connectivity index (χ1) is 11.9. The maximum Gasteiger partial charge on any atom is 0.221 e. The number of aryl methyl sites for hydroxylation is 1. The van der Waals surface area contributed by atoms with Gasteiger partial charge in [-0.25, -0.2) is 8.42 Å². The normalized spacial score (nSPS) is 11.7. The Morgan fingerprint density at radius 1 is 1.12 bits per heavy atom. The summed E-state index contributed by atoms with van der Waals surface area (Å²) in [6, 6.07) is 6.66. The number of hydrogen-bond donors (Lipinski definition) is 1. The number of benzene rings is 1. The predicted molar refractivity (Wildman–Crippen MR) is 99.5 cm³/mol. The Kier molecular flexibility index (Phi) is 9.70. The van der Waals surface area contributed by atoms with Gasteiger partial charge in [0.05, 0.1) is 23.9 Å². The first-order valence-electron chi connectivity index (χ1n) is 8.75. The zero-order valence-corrected chi connectivity index (χ0v) is 16.3. The van der Waals surface area contributed by atoms with Crippen LogP contribution in [-0.4, -0.2) is 64.4 Å². The Morgan fingerprint density at radius 2 is 1.76 bits per heavy atom. The van der Waals surface area contributed by atoms with Crippen molar-refractivity contribution in [1.29, 1.82) is 0 Å². The lowest BCUT2D eigenvalue weighted by Crippen LogP contribution is -2.31. The Morgan fingerprint density at radius 3 is 2.36 bits per heavy atom. The molecule has 0 saturated heterocycles. The lowest BCUT2D eigenvalue weighted by molar-refractivity contribution is -0.120. The molecule has 7 heteroatoms. The van der Waals surface area contributed by atoms with E-state index in [9.17, 15) is 13.2 Å². The molecule has 1 aromatic carbocycles. The quantitative estimate of drug-likeness (QED) is 0.566. The second kappa shape index (κ2) is 11.2. The van der Waals surface area contributed by atoms with Crippen molar-refractivity contribution in [2.45, 2.75) is 32.1 Å². The first kappa shape index (κ1) is 21.6. The maximum absolute atomic E-state index is 12.2. The molecule has 0 aliphatic rings. The van der Waals surface area contributed by atoms with Gasteiger partial charge >= 0.3 is 0 Å². The van der Waals surface area contributed by atoms with Gasteiger partial charge in [0, 0.05) is 19.5 Å². The number of carbonyl (C=O) groups excluding carboxylic acids is 1. The highest BCUT2D eigenvalue weighted by molar-refractivity contribution is 7.91. The zero-order chi connectivity index (χ0) is 18.7. The van der Waals surface area contributed by atoms with Gasteiger partial charge in [0.1, 0.15) is 0 Å². The number of nitrogens with zero attached hydrogens (tertiary/aromatic N) is 1. The van der Waals surface area contributed by atoms with Crippen LogP contribution in [0.1, 0.15) is 25.8 Å². The Labute approximate surface area is 151 Å². The largest absolute Gasteiger partial charge is 0.378 e. The number of likely N-dealkylation sites (N-methyl/N-ethyl adjacent to an activating group) is 1. The molecule has 0 aromatic heterocycles. The van der Waals surface area contributed by atoms with Gasteiger partial charge in [0.2, 0.25) is 5.91 Å². The third-order valence-electron chi connectivity index (χ3n) is 3.99. The number of ether oxygens (including phenoxy) is 1. The van der Waals surface area contributed by atoms with Gasteiger partial charge in [-0.3, -0.25) is 4.79 Å². The zero-order valence-electron chi connectivity index (χ0n) is 15.5. The molecule has 25 heavy (non-hydrogen) atoms. The molecule has 1 N–H and O–H groups in total. The Hall–Kier alpha value is -1.44. The second-order valence-corrected chi connectivity index (χ2v) is 7.98. The average molecular weight is 371 g/mol. The van der Waals surface area contributed by atoms with Crippen LogP contribution in [-0.2, 0) is 19.4 Å². The number of carbonyl (C=O) groups is 1. The smallest absolute Gasteiger partial charge is 0.221 e. The Balaban J connectivity index is 2.21. The first-order valence-corrected chi connectivity index (χ1v) is 10.4. The number of amides is 1. The molecule has 1 amide bonds. The highest BCUT2D eigenvalue weighted by Gasteiger charge is 2.16. The van der Waals surface area contributed by atoms with E-state index in [0.717, 1.165) is 25.2 Å². The lowest BCUT2D eigenvalue weighted by Gasteiger charge is -2.17. The van der Waals surface area contributed by atoms with E-state index in [-0.39, 0.29) is 23.0 Å². The summed E-state index contributed by atoms with van der Waals surface area (Å²) in [4.78, 5) is 14.3. The highest BCUT2D eigenvalue weighted by atomic mass is 32.2. The minimum Gasteiger partial charge on any atom is -0.378 e. The monoisotopic (exact) mass is 370 g/mol. The van der Waals surface area contributed by atoms with E-state index in [0.29, 0.717) is 19.8 Å². The van der Waals surface area contributed by atoms with E-state index in [2.05, 4.69) is 24.1 Å². The van der Waals surface area contributed by atoms with Crippen LogP contribution in [0.15, 0.2) is 29.2 Å². The van der Waals surface area contributed by atoms with E-state index in [1.807, 2.05) is 6.92 Å². The van der Waals surface area contributed by atoms with Gasteiger partial charge < -0.3 is 15.0 Å². The standard InChI is InChI=1S/C18H30N2O4S/c1-4-20(5-2)12-14-24-13-11-19-18(21)10-15-25(22,23)17-8-6-16(3)7-9-17/h6-9H,4-5,10-15H2,1-3H3,(H,19,21). The minimum atomic E-state index is -3.42. The number of hydrogen-bond acceptors (Lipinski definition) is 5. The van der Waals surface area contributed by atoms with Gasteiger partial charge in [-0.1, -0.05) is 31.5 Å². The maximum atomic E-state index is 12.2. The number of nitrogens with one attached hydrogen (secondary N) is 1. The average Bonchev–Trinajstić information content (AvgIpc) is 2.60. The van der Waals surface area contributed by atoms with E-state index in [1.165, 1.54) is 0 Å². The van der Waals surface area contributed by atoms with Crippen molar-refractivity contribution in [1.82, 2.24) is 10.2 Å². The van der Waals surface area contributed by atoms with Gasteiger partial charge in [0.25, 0.3) is 0 Å². The summed E-state index contributed by atoms with van der Waals surface area (Å²) in [7, 11) is -3.42. The third kappa shape index (κ3) is 8.47. The van der Waals surface area contributed by atoms with Crippen molar-refractivity contribution >= 4 is 15.7 Å². The summed E-state index contributed by atoms with van der Waals surface area (Å²) in [6.45, 7) is 10.4. The van der Waals surface area contributed by atoms with Crippen LogP contribution in [0, 0.1) is 6.92 Å². The van der Waals surface area contributed by atoms with Crippen molar-refractivity contribution in [2.24, 2.45) is 0 Å². The van der Waals surface area contributed by atoms with Gasteiger partial charge in [-0.15, -0.1) is 0 Å². The summed E-state index contributed by atoms with van der Waals surface area (Å²) >= 11 is 0. The molecule has 1 rings (SSSR count). The van der Waals surface area contributed by atoms with Crippen molar-refractivity contribution < 1.29 is 17.9 Å². The fraction of sp³-hybridized carbons (Fsp3) is 0.611. The summed E-state index contributed by atoms with van der Waals surface area (Å²) in [5, 5.41) is 2.69. The molecular weight excluding hydrogens is 340 g/mol. The van der Waals surface area contributed by atoms with Crippen molar-refractivity contribution in [3.05, 3.63) is 29.8 Å². The van der Waals surface area contributed by atoms with Crippen LogP contribution in [0.4, 0.5) is 0 Å². The van der Waals surface area contributed by atoms with E-state index in [4.69, 9.17) is 4.74 Å². The third-order valence-corrected chi connectivity index (χ3v) is 5.72. The molecule has 0 aliphatic heterocycles. The number of rotatable bonds is 12. The molecule has 0 bridgehead atoms. The van der Waals surface area contributed by atoms with Gasteiger partial charge in [-0.05, 0) is 32.1 Å². The number of sulfone groups is 1. The van der Waals surface area contributed by atoms with Crippen molar-refractivity contribution in [3.63, 3.8) is 0 Å². The molecular formula is C18H30N2O4S. The fourth-order valence-electron chi connectivity index (χ4n) is 2.28. The van der Waals surface area contributed by atoms with E-state index >= 15 is 0 Å². The van der Waals surface area contributed by atoms with Crippen molar-refractivity contribution in [3.8, 4) is 0 Å². The van der Waals surface area contributed by atoms with Crippen molar-refractivity contribution in [2.75, 3.05) is 45.1 Å². The molecule has 0 atom stereocenters. The van der Waals surface area contributed by atoms with E-state index in [1.54, 1.807) is 24.3 Å². The van der Waals surface area contributed by atoms with Crippen LogP contribution < -0.4 is 5.32 Å². The highest BCUT2D eigenvalue weighted by Crippen LogP contribution is 2.12. The summed E-state index contributed by atoms with van der Waals surface area (Å²) in [6.07, 6.45) is -0.0460. The van der Waals surface area contributed by atoms with Gasteiger partial charge in [-0.2, -0.15) is 0 Å². The van der Waals surface area contributed by atoms with Gasteiger partial charge in [0.15, 0.2) is 9.84 Å². The van der Waals surface area contributed by atoms with Crippen LogP contribution in [0.5, 0.6) is 0 Å². The van der Waals surface area contributed by atoms with Crippen LogP contribution in [0.3, 0.4) is 0 Å². The predicted octanol–water partition coefficient (Wildman–Crippen LogP) is 1.63. The lowest BCUT2D eigenvalue weighted by atomic mass is 10.2. The van der Waals surface area contributed by atoms with Crippen LogP contribution >= 0.6 is 0 Å². The van der Waals surface area contributed by atoms with E-state index < -0.39 is 9.84 Å². The molecule has 0 unspecified atom stereocenters. The molecule has 0 aliphatic carbocycles. The molecule has 0 heterocycles. The van der Waals surface area contributed by atoms with Crippen LogP contribution in [0.25, 0.3) is 0 Å². The molecule has 1 aromatic rings. The summed E-state index contributed by atoms with van der Waals surface area (Å²) in [5.74, 6) is -0.465. The Bertz CT molecular complexity index is 610. The molecule has 0 radical (unpaired) electrons. The summed E-state index contributed by atoms with van der Waals surface area (Å²) in [5.41, 5.74) is 0.998. The fourth-order valence-corrected chi connectivity index (χ4v) is 3.52. The summed E-state index contributed by atoms with van der Waals surface area (Å²) < 4.78 is 29.8. The molecule has 0 spiro atoms. The molecule has 142 valence electrons. The second-order valence-electron chi connectivity index (χ2n) is 5.87. The van der Waals surface area contributed by atoms with Crippen LogP contribution in [0.2, 0.25) is 0 Å². The molecule has 0 saturated carbocycles. The molecule has 0 fully saturated rings. The minimum absolute atomic E-state index is 0.0460.